The van der Waals surface area contributed by atoms with Crippen LogP contribution in [0, 0.1) is 20.8 Å². The summed E-state index contributed by atoms with van der Waals surface area (Å²) in [6.45, 7) is 6.91. The van der Waals surface area contributed by atoms with Crippen molar-refractivity contribution in [2.24, 2.45) is 0 Å². The van der Waals surface area contributed by atoms with Gasteiger partial charge in [-0.25, -0.2) is 0 Å². The van der Waals surface area contributed by atoms with Gasteiger partial charge in [-0.3, -0.25) is 0 Å². The summed E-state index contributed by atoms with van der Waals surface area (Å²) in [5.74, 6) is 2.44. The fourth-order valence-corrected chi connectivity index (χ4v) is 5.65. The first-order valence-corrected chi connectivity index (χ1v) is 9.90. The number of rotatable bonds is 1. The molecule has 0 bridgehead atoms. The fourth-order valence-electron chi connectivity index (χ4n) is 4.42. The topological polar surface area (TPSA) is 4.10 Å². The Bertz CT molecular complexity index is 1290. The first-order chi connectivity index (χ1) is 12.6. The molecule has 0 saturated heterocycles. The maximum absolute atomic E-state index is 2.53. The summed E-state index contributed by atoms with van der Waals surface area (Å²) in [6.07, 6.45) is 0. The van der Waals surface area contributed by atoms with Crippen LogP contribution in [0.25, 0.3) is 31.3 Å². The van der Waals surface area contributed by atoms with Crippen LogP contribution in [0.5, 0.6) is 0 Å². The van der Waals surface area contributed by atoms with Crippen molar-refractivity contribution in [1.29, 1.82) is 0 Å². The molecule has 0 spiro atoms. The van der Waals surface area contributed by atoms with E-state index >= 15 is 0 Å². The molecular formula is C23H20BNS. The quantitative estimate of drug-likeness (QED) is 0.362. The second-order valence-corrected chi connectivity index (χ2v) is 8.29. The van der Waals surface area contributed by atoms with Gasteiger partial charge in [-0.1, -0.05) is 70.5 Å². The molecular weight excluding hydrogens is 333 g/mol. The van der Waals surface area contributed by atoms with E-state index in [1.807, 2.05) is 11.3 Å². The first kappa shape index (κ1) is 15.7. The maximum Gasteiger partial charge on any atom is 0.231 e. The van der Waals surface area contributed by atoms with Crippen LogP contribution in [0.3, 0.4) is 0 Å². The van der Waals surface area contributed by atoms with Crippen molar-refractivity contribution < 1.29 is 4.31 Å². The number of aryl methyl sites for hydroxylation is 3. The van der Waals surface area contributed by atoms with E-state index in [1.54, 1.807) is 0 Å². The van der Waals surface area contributed by atoms with Crippen molar-refractivity contribution in [2.45, 2.75) is 20.8 Å². The average molecular weight is 353 g/mol. The standard InChI is InChI=1S/C23H20BNS/c1-15-12-16(2)22(17(3)13-15)24-14-18-8-4-5-9-19(18)23-25(24)20-10-6-7-11-21(20)26-23/h4-14H,1-3H3. The van der Waals surface area contributed by atoms with E-state index in [-0.39, 0.29) is 6.49 Å². The normalized spacial score (nSPS) is 11.7. The third-order valence-corrected chi connectivity index (χ3v) is 6.57. The summed E-state index contributed by atoms with van der Waals surface area (Å²) in [4.78, 5) is 1.36. The monoisotopic (exact) mass is 353 g/mol. The van der Waals surface area contributed by atoms with E-state index in [4.69, 9.17) is 0 Å². The average Bonchev–Trinajstić information content (AvgIpc) is 3.01. The van der Waals surface area contributed by atoms with Crippen LogP contribution in [0.15, 0.2) is 66.6 Å². The third-order valence-electron chi connectivity index (χ3n) is 5.39. The number of thiazole rings is 1. The molecule has 26 heavy (non-hydrogen) atoms. The van der Waals surface area contributed by atoms with Crippen LogP contribution in [0.2, 0.25) is 0 Å². The minimum absolute atomic E-state index is 0.233. The van der Waals surface area contributed by atoms with Gasteiger partial charge in [0.25, 0.3) is 0 Å². The van der Waals surface area contributed by atoms with Crippen molar-refractivity contribution in [3.8, 4) is 5.46 Å². The van der Waals surface area contributed by atoms with Gasteiger partial charge in [0.05, 0.1) is 10.1 Å². The van der Waals surface area contributed by atoms with Crippen molar-refractivity contribution in [3.63, 3.8) is 0 Å². The molecule has 0 aliphatic carbocycles. The number of fused-ring (bicyclic) bond motifs is 5. The SMILES string of the molecule is Cc1cc(C)c(-[b-]2cc3ccccc3c3sc4ccccc4[n+]23)c(C)c1. The molecule has 2 heterocycles. The lowest BCUT2D eigenvalue weighted by atomic mass is 9.63. The van der Waals surface area contributed by atoms with E-state index < -0.39 is 0 Å². The molecule has 1 nitrogen and oxygen atoms in total. The summed E-state index contributed by atoms with van der Waals surface area (Å²) >= 11 is 1.90. The van der Waals surface area contributed by atoms with E-state index in [9.17, 15) is 0 Å². The lowest BCUT2D eigenvalue weighted by molar-refractivity contribution is -0.414. The molecule has 126 valence electrons. The van der Waals surface area contributed by atoms with Crippen molar-refractivity contribution >= 4 is 43.6 Å². The van der Waals surface area contributed by atoms with E-state index in [1.165, 1.54) is 48.0 Å². The maximum atomic E-state index is 2.53. The van der Waals surface area contributed by atoms with Gasteiger partial charge >= 0.3 is 0 Å². The van der Waals surface area contributed by atoms with Crippen LogP contribution >= 0.6 is 11.3 Å². The van der Waals surface area contributed by atoms with Gasteiger partial charge in [0, 0.05) is 6.07 Å². The lowest BCUT2D eigenvalue weighted by Gasteiger charge is -2.18. The Morgan fingerprint density at radius 2 is 1.54 bits per heavy atom. The van der Waals surface area contributed by atoms with Crippen LogP contribution in [-0.4, -0.2) is 6.49 Å². The smallest absolute Gasteiger partial charge is 0.231 e. The molecule has 0 fully saturated rings. The predicted octanol–water partition coefficient (Wildman–Crippen LogP) is 5.73. The highest BCUT2D eigenvalue weighted by molar-refractivity contribution is 7.24. The second-order valence-electron chi connectivity index (χ2n) is 7.26. The van der Waals surface area contributed by atoms with Gasteiger partial charge in [0.1, 0.15) is 0 Å². The number of hydrogen-bond donors (Lipinski definition) is 0. The molecule has 3 aromatic carbocycles. The summed E-state index contributed by atoms with van der Waals surface area (Å²) in [5, 5.41) is 2.68. The molecule has 0 N–H and O–H groups in total. The molecule has 5 aromatic rings. The number of benzene rings is 3. The highest BCUT2D eigenvalue weighted by Gasteiger charge is 2.17. The minimum atomic E-state index is 0.233. The Labute approximate surface area is 157 Å². The van der Waals surface area contributed by atoms with Crippen LogP contribution < -0.4 is 4.31 Å². The van der Waals surface area contributed by atoms with Gasteiger partial charge in [-0.15, -0.1) is 5.46 Å². The number of para-hydroxylation sites is 1. The largest absolute Gasteiger partial charge is 0.408 e. The Balaban J connectivity index is 2.05. The molecule has 2 aromatic heterocycles. The molecule has 0 amide bonds. The summed E-state index contributed by atoms with van der Waals surface area (Å²) < 4.78 is 3.88. The van der Waals surface area contributed by atoms with Crippen molar-refractivity contribution in [3.05, 3.63) is 83.3 Å². The minimum Gasteiger partial charge on any atom is -0.408 e. The third kappa shape index (κ3) is 2.24. The van der Waals surface area contributed by atoms with Gasteiger partial charge in [0.2, 0.25) is 11.3 Å². The summed E-state index contributed by atoms with van der Waals surface area (Å²) in [6, 6.07) is 22.2. The molecule has 0 atom stereocenters. The summed E-state index contributed by atoms with van der Waals surface area (Å²) in [5.41, 5.74) is 6.83. The molecule has 0 radical (unpaired) electrons. The van der Waals surface area contributed by atoms with Crippen molar-refractivity contribution in [1.82, 2.24) is 0 Å². The fraction of sp³-hybridized carbons (Fsp3) is 0.130. The molecule has 0 saturated carbocycles. The number of aromatic nitrogens is 1. The Morgan fingerprint density at radius 3 is 2.35 bits per heavy atom. The van der Waals surface area contributed by atoms with Gasteiger partial charge in [-0.05, 0) is 38.3 Å². The van der Waals surface area contributed by atoms with Gasteiger partial charge in [-0.2, -0.15) is 5.96 Å². The van der Waals surface area contributed by atoms with Crippen LogP contribution in [0.1, 0.15) is 16.7 Å². The zero-order valence-corrected chi connectivity index (χ0v) is 16.1. The Kier molecular flexibility index (Phi) is 3.48. The van der Waals surface area contributed by atoms with Gasteiger partial charge in [0.15, 0.2) is 5.52 Å². The van der Waals surface area contributed by atoms with Crippen LogP contribution in [0.4, 0.5) is 0 Å². The molecule has 3 heteroatoms. The lowest BCUT2D eigenvalue weighted by Crippen LogP contribution is -2.35. The second kappa shape index (κ2) is 5.75. The highest BCUT2D eigenvalue weighted by atomic mass is 32.1. The van der Waals surface area contributed by atoms with E-state index in [0.29, 0.717) is 0 Å². The van der Waals surface area contributed by atoms with Crippen LogP contribution in [-0.2, 0) is 0 Å². The zero-order valence-electron chi connectivity index (χ0n) is 15.3. The van der Waals surface area contributed by atoms with Crippen molar-refractivity contribution in [2.75, 3.05) is 0 Å². The number of nitrogens with zero attached hydrogens (tertiary/aromatic N) is 1. The van der Waals surface area contributed by atoms with Gasteiger partial charge < -0.3 is 4.31 Å². The molecule has 0 aliphatic heterocycles. The molecule has 5 rings (SSSR count). The van der Waals surface area contributed by atoms with E-state index in [0.717, 1.165) is 0 Å². The van der Waals surface area contributed by atoms with E-state index in [2.05, 4.69) is 91.7 Å². The predicted molar refractivity (Wildman–Crippen MR) is 114 cm³/mol. The molecule has 0 unspecified atom stereocenters. The summed E-state index contributed by atoms with van der Waals surface area (Å²) in [7, 11) is 0. The zero-order chi connectivity index (χ0) is 17.8. The Morgan fingerprint density at radius 1 is 0.846 bits per heavy atom. The highest BCUT2D eigenvalue weighted by Crippen LogP contribution is 2.29. The number of hydrogen-bond acceptors (Lipinski definition) is 1. The first-order valence-electron chi connectivity index (χ1n) is 9.08. The molecule has 0 aliphatic rings. The Hall–Kier alpha value is -2.52.